The lowest BCUT2D eigenvalue weighted by atomic mass is 10.3. The van der Waals surface area contributed by atoms with Crippen LogP contribution >= 0.6 is 11.3 Å². The van der Waals surface area contributed by atoms with Gasteiger partial charge in [0.05, 0.1) is 34.8 Å². The Balaban J connectivity index is 1.19. The molecule has 3 aromatic heterocycles. The van der Waals surface area contributed by atoms with E-state index in [4.69, 9.17) is 0 Å². The number of H-pyrrole nitrogens is 1. The molecule has 0 saturated carbocycles. The molecule has 1 amide bonds. The van der Waals surface area contributed by atoms with Crippen molar-refractivity contribution in [2.24, 2.45) is 0 Å². The molecule has 3 N–H and O–H groups in total. The van der Waals surface area contributed by atoms with Crippen LogP contribution in [0, 0.1) is 5.82 Å². The van der Waals surface area contributed by atoms with Crippen LogP contribution in [0.2, 0.25) is 0 Å². The van der Waals surface area contributed by atoms with Crippen molar-refractivity contribution in [2.45, 2.75) is 25.9 Å². The molecular weight excluding hydrogens is 403 g/mol. The molecule has 154 valence electrons. The van der Waals surface area contributed by atoms with Crippen LogP contribution in [0.5, 0.6) is 0 Å². The summed E-state index contributed by atoms with van der Waals surface area (Å²) in [6.07, 6.45) is 3.17. The average molecular weight is 425 g/mol. The van der Waals surface area contributed by atoms with Gasteiger partial charge in [0.25, 0.3) is 5.91 Å². The van der Waals surface area contributed by atoms with Crippen molar-refractivity contribution >= 4 is 28.3 Å². The number of thiazole rings is 1. The monoisotopic (exact) mass is 424 g/mol. The average Bonchev–Trinajstić information content (AvgIpc) is 3.39. The van der Waals surface area contributed by atoms with Gasteiger partial charge in [-0.05, 0) is 37.2 Å². The Morgan fingerprint density at radius 2 is 2.03 bits per heavy atom. The molecule has 0 atom stereocenters. The third-order valence-corrected chi connectivity index (χ3v) is 5.42. The molecule has 0 aliphatic heterocycles. The van der Waals surface area contributed by atoms with Crippen LogP contribution in [0.4, 0.5) is 4.39 Å². The molecule has 0 radical (unpaired) electrons. The van der Waals surface area contributed by atoms with E-state index in [1.54, 1.807) is 5.38 Å². The van der Waals surface area contributed by atoms with Gasteiger partial charge in [-0.15, -0.1) is 11.3 Å². The molecule has 9 heteroatoms. The largest absolute Gasteiger partial charge is 0.345 e. The molecule has 1 aromatic carbocycles. The summed E-state index contributed by atoms with van der Waals surface area (Å²) in [5, 5.41) is 8.64. The minimum atomic E-state index is -0.438. The fourth-order valence-corrected chi connectivity index (χ4v) is 3.81. The molecule has 4 rings (SSSR count). The summed E-state index contributed by atoms with van der Waals surface area (Å²) in [5.74, 6) is 0.145. The summed E-state index contributed by atoms with van der Waals surface area (Å²) < 4.78 is 13.6. The number of nitrogens with zero attached hydrogens (tertiary/aromatic N) is 3. The first-order valence-electron chi connectivity index (χ1n) is 9.65. The highest BCUT2D eigenvalue weighted by Gasteiger charge is 2.12. The van der Waals surface area contributed by atoms with Crippen LogP contribution in [0.3, 0.4) is 0 Å². The van der Waals surface area contributed by atoms with Gasteiger partial charge in [-0.2, -0.15) is 0 Å². The van der Waals surface area contributed by atoms with Crippen LogP contribution in [-0.2, 0) is 19.5 Å². The number of aromatic nitrogens is 4. The van der Waals surface area contributed by atoms with E-state index >= 15 is 0 Å². The highest BCUT2D eigenvalue weighted by Crippen LogP contribution is 2.13. The molecule has 0 aliphatic rings. The lowest BCUT2D eigenvalue weighted by Crippen LogP contribution is -2.24. The van der Waals surface area contributed by atoms with Crippen molar-refractivity contribution in [3.05, 3.63) is 76.0 Å². The van der Waals surface area contributed by atoms with Crippen LogP contribution < -0.4 is 10.6 Å². The van der Waals surface area contributed by atoms with E-state index in [1.807, 2.05) is 24.3 Å². The summed E-state index contributed by atoms with van der Waals surface area (Å²) in [6, 6.07) is 10.8. The first-order chi connectivity index (χ1) is 14.7. The maximum Gasteiger partial charge on any atom is 0.271 e. The second-order valence-electron chi connectivity index (χ2n) is 6.72. The van der Waals surface area contributed by atoms with E-state index in [2.05, 4.69) is 30.6 Å². The van der Waals surface area contributed by atoms with E-state index in [0.29, 0.717) is 12.2 Å². The molecule has 30 heavy (non-hydrogen) atoms. The van der Waals surface area contributed by atoms with Gasteiger partial charge < -0.3 is 15.6 Å². The molecule has 0 spiro atoms. The number of benzene rings is 1. The number of rotatable bonds is 9. The van der Waals surface area contributed by atoms with Gasteiger partial charge in [0.2, 0.25) is 0 Å². The van der Waals surface area contributed by atoms with Crippen molar-refractivity contribution in [2.75, 3.05) is 6.54 Å². The first-order valence-corrected chi connectivity index (χ1v) is 10.5. The summed E-state index contributed by atoms with van der Waals surface area (Å²) >= 11 is 1.45. The summed E-state index contributed by atoms with van der Waals surface area (Å²) in [5.41, 5.74) is 2.56. The maximum atomic E-state index is 13.6. The summed E-state index contributed by atoms with van der Waals surface area (Å²) in [7, 11) is 0. The number of aromatic amines is 1. The van der Waals surface area contributed by atoms with Gasteiger partial charge in [-0.3, -0.25) is 9.78 Å². The van der Waals surface area contributed by atoms with Crippen LogP contribution in [0.1, 0.15) is 33.4 Å². The van der Waals surface area contributed by atoms with Gasteiger partial charge in [0, 0.05) is 18.0 Å². The van der Waals surface area contributed by atoms with Crippen LogP contribution in [-0.4, -0.2) is 32.4 Å². The number of carbonyl (C=O) groups is 1. The Labute approximate surface area is 176 Å². The minimum absolute atomic E-state index is 0.0318. The van der Waals surface area contributed by atoms with E-state index in [0.717, 1.165) is 41.3 Å². The molecular formula is C21H21FN6OS. The molecule has 7 nitrogen and oxygen atoms in total. The fraction of sp³-hybridized carbons (Fsp3) is 0.238. The second kappa shape index (κ2) is 9.55. The minimum Gasteiger partial charge on any atom is -0.345 e. The highest BCUT2D eigenvalue weighted by atomic mass is 32.1. The number of hydrogen-bond acceptors (Lipinski definition) is 6. The standard InChI is InChI=1S/C21H21FN6OS/c22-14-5-3-10-24-17(14)11-25-21(29)18-13-30-20(28-18)8-4-9-23-12-19-26-15-6-1-2-7-16(15)27-19/h1-3,5-7,10,13,23H,4,8-9,11-12H2,(H,25,29)(H,26,27). The van der Waals surface area contributed by atoms with Crippen molar-refractivity contribution in [3.63, 3.8) is 0 Å². The number of aryl methyl sites for hydroxylation is 1. The molecule has 0 fully saturated rings. The number of hydrogen-bond donors (Lipinski definition) is 3. The number of amides is 1. The quantitative estimate of drug-likeness (QED) is 0.359. The third kappa shape index (κ3) is 5.05. The van der Waals surface area contributed by atoms with Gasteiger partial charge in [-0.1, -0.05) is 12.1 Å². The maximum absolute atomic E-state index is 13.6. The Hall–Kier alpha value is -3.17. The summed E-state index contributed by atoms with van der Waals surface area (Å²) in [6.45, 7) is 1.52. The smallest absolute Gasteiger partial charge is 0.271 e. The molecule has 4 aromatic rings. The third-order valence-electron chi connectivity index (χ3n) is 4.51. The Morgan fingerprint density at radius 1 is 1.13 bits per heavy atom. The number of carbonyl (C=O) groups excluding carboxylic acids is 1. The molecule has 0 aliphatic carbocycles. The zero-order chi connectivity index (χ0) is 20.8. The number of fused-ring (bicyclic) bond motifs is 1. The highest BCUT2D eigenvalue weighted by molar-refractivity contribution is 7.09. The van der Waals surface area contributed by atoms with Gasteiger partial charge in [-0.25, -0.2) is 14.4 Å². The number of halogens is 1. The predicted octanol–water partition coefficient (Wildman–Crippen LogP) is 3.21. The molecule has 3 heterocycles. The Morgan fingerprint density at radius 3 is 2.90 bits per heavy atom. The zero-order valence-electron chi connectivity index (χ0n) is 16.2. The van der Waals surface area contributed by atoms with Crippen molar-refractivity contribution in [1.29, 1.82) is 0 Å². The van der Waals surface area contributed by atoms with E-state index in [9.17, 15) is 9.18 Å². The van der Waals surface area contributed by atoms with E-state index in [1.165, 1.54) is 29.7 Å². The van der Waals surface area contributed by atoms with E-state index < -0.39 is 5.82 Å². The lowest BCUT2D eigenvalue weighted by molar-refractivity contribution is 0.0945. The normalized spacial score (nSPS) is 11.1. The molecule has 0 saturated heterocycles. The van der Waals surface area contributed by atoms with Gasteiger partial charge in [0.1, 0.15) is 17.3 Å². The molecule has 0 bridgehead atoms. The number of imidazole rings is 1. The van der Waals surface area contributed by atoms with Crippen LogP contribution in [0.25, 0.3) is 11.0 Å². The van der Waals surface area contributed by atoms with Crippen molar-refractivity contribution < 1.29 is 9.18 Å². The second-order valence-corrected chi connectivity index (χ2v) is 7.66. The van der Waals surface area contributed by atoms with Crippen LogP contribution in [0.15, 0.2) is 48.0 Å². The predicted molar refractivity (Wildman–Crippen MR) is 114 cm³/mol. The number of para-hydroxylation sites is 2. The molecule has 0 unspecified atom stereocenters. The zero-order valence-corrected chi connectivity index (χ0v) is 17.0. The topological polar surface area (TPSA) is 95.6 Å². The van der Waals surface area contributed by atoms with Gasteiger partial charge in [0.15, 0.2) is 0 Å². The fourth-order valence-electron chi connectivity index (χ4n) is 2.99. The SMILES string of the molecule is O=C(NCc1ncccc1F)c1csc(CCCNCc2nc3ccccc3[nH]2)n1. The van der Waals surface area contributed by atoms with Gasteiger partial charge >= 0.3 is 0 Å². The Kier molecular flexibility index (Phi) is 6.41. The first kappa shape index (κ1) is 20.1. The number of pyridine rings is 1. The van der Waals surface area contributed by atoms with Crippen molar-refractivity contribution in [3.8, 4) is 0 Å². The number of nitrogens with one attached hydrogen (secondary N) is 3. The van der Waals surface area contributed by atoms with Crippen molar-refractivity contribution in [1.82, 2.24) is 30.6 Å². The summed E-state index contributed by atoms with van der Waals surface area (Å²) in [4.78, 5) is 28.3. The lowest BCUT2D eigenvalue weighted by Gasteiger charge is -2.03. The van der Waals surface area contributed by atoms with E-state index in [-0.39, 0.29) is 18.1 Å². The Bertz CT molecular complexity index is 1110.